The molecule has 49 heavy (non-hydrogen) atoms. The van der Waals surface area contributed by atoms with E-state index in [1.54, 1.807) is 44.5 Å². The van der Waals surface area contributed by atoms with Crippen LogP contribution >= 0.6 is 0 Å². The summed E-state index contributed by atoms with van der Waals surface area (Å²) >= 11 is 0. The summed E-state index contributed by atoms with van der Waals surface area (Å²) in [6.07, 6.45) is 3.63. The Bertz CT molecular complexity index is 1870. The van der Waals surface area contributed by atoms with Crippen LogP contribution in [-0.4, -0.2) is 0 Å². The summed E-state index contributed by atoms with van der Waals surface area (Å²) in [5.74, 6) is 2.43. The first-order chi connectivity index (χ1) is 22.8. The van der Waals surface area contributed by atoms with Crippen LogP contribution in [0.5, 0.6) is 0 Å². The van der Waals surface area contributed by atoms with E-state index in [2.05, 4.69) is 125 Å². The number of benzene rings is 4. The van der Waals surface area contributed by atoms with Crippen molar-refractivity contribution in [3.8, 4) is 22.3 Å². The van der Waals surface area contributed by atoms with Gasteiger partial charge in [0, 0.05) is 0 Å². The van der Waals surface area contributed by atoms with Gasteiger partial charge in [0.15, 0.2) is 0 Å². The Labute approximate surface area is 300 Å². The Morgan fingerprint density at radius 1 is 0.306 bits per heavy atom. The Hall–Kier alpha value is -3.12. The Morgan fingerprint density at radius 2 is 0.531 bits per heavy atom. The number of fused-ring (bicyclic) bond motifs is 2. The molecule has 4 unspecified atom stereocenters. The summed E-state index contributed by atoms with van der Waals surface area (Å²) in [5.41, 5.74) is 36.7. The van der Waals surface area contributed by atoms with Crippen molar-refractivity contribution in [3.05, 3.63) is 111 Å². The molecule has 0 bridgehead atoms. The van der Waals surface area contributed by atoms with Gasteiger partial charge in [-0.25, -0.2) is 0 Å². The third kappa shape index (κ3) is 4.97. The average Bonchev–Trinajstić information content (AvgIpc) is 3.57. The lowest BCUT2D eigenvalue weighted by atomic mass is 9.75. The second-order valence-electron chi connectivity index (χ2n) is 17.1. The highest BCUT2D eigenvalue weighted by atomic mass is 14.5. The van der Waals surface area contributed by atoms with Crippen molar-refractivity contribution in [3.63, 3.8) is 0 Å². The van der Waals surface area contributed by atoms with E-state index in [0.29, 0.717) is 23.7 Å². The third-order valence-corrected chi connectivity index (χ3v) is 15.2. The van der Waals surface area contributed by atoms with Gasteiger partial charge in [-0.05, 0) is 287 Å². The molecule has 260 valence electrons. The van der Waals surface area contributed by atoms with Crippen LogP contribution in [0.15, 0.2) is 0 Å². The number of rotatable bonds is 4. The van der Waals surface area contributed by atoms with E-state index >= 15 is 0 Å². The van der Waals surface area contributed by atoms with Crippen molar-refractivity contribution in [2.75, 3.05) is 0 Å². The fourth-order valence-corrected chi connectivity index (χ4v) is 10.8. The molecule has 4 aromatic carbocycles. The lowest BCUT2D eigenvalue weighted by Crippen LogP contribution is -2.15. The average molecular weight is 653 g/mol. The molecule has 0 fully saturated rings. The SMILES string of the molecule is Cc1c(C)c(C)c(-c2c(C)c(C)c(C)c3c2CC(C)C3CC2c3c(C)c(C)c(C)c(-c4c(C)c(C)c(C)c(C)c4C)c3CC2C)c(C)c1C. The number of hydrogen-bond donors (Lipinski definition) is 0. The lowest BCUT2D eigenvalue weighted by molar-refractivity contribution is 0.380. The van der Waals surface area contributed by atoms with Gasteiger partial charge < -0.3 is 0 Å². The van der Waals surface area contributed by atoms with E-state index < -0.39 is 0 Å². The molecule has 0 nitrogen and oxygen atoms in total. The van der Waals surface area contributed by atoms with E-state index in [1.165, 1.54) is 108 Å². The van der Waals surface area contributed by atoms with Gasteiger partial charge in [0.2, 0.25) is 0 Å². The second kappa shape index (κ2) is 12.3. The van der Waals surface area contributed by atoms with E-state index in [9.17, 15) is 0 Å². The van der Waals surface area contributed by atoms with Crippen molar-refractivity contribution < 1.29 is 0 Å². The molecular weight excluding hydrogens is 589 g/mol. The molecule has 0 amide bonds. The normalized spacial score (nSPS) is 20.0. The molecule has 0 saturated carbocycles. The summed E-state index contributed by atoms with van der Waals surface area (Å²) < 4.78 is 0. The zero-order chi connectivity index (χ0) is 36.3. The van der Waals surface area contributed by atoms with Crippen molar-refractivity contribution in [2.24, 2.45) is 11.8 Å². The first kappa shape index (κ1) is 35.7. The predicted molar refractivity (Wildman–Crippen MR) is 215 cm³/mol. The summed E-state index contributed by atoms with van der Waals surface area (Å²) in [6, 6.07) is 0. The van der Waals surface area contributed by atoms with Crippen molar-refractivity contribution in [1.82, 2.24) is 0 Å². The van der Waals surface area contributed by atoms with Crippen molar-refractivity contribution in [1.29, 1.82) is 0 Å². The Kier molecular flexibility index (Phi) is 8.95. The van der Waals surface area contributed by atoms with Gasteiger partial charge in [-0.1, -0.05) is 13.8 Å². The van der Waals surface area contributed by atoms with Crippen LogP contribution in [0.4, 0.5) is 0 Å². The standard InChI is InChI=1S/C49H64/c1-22-19-42-46(36(15)30(9)38(17)48(42)44-32(11)26(5)24(3)27(6)33(44)12)40(22)21-41-23(2)20-43-47(41)37(16)31(10)39(18)49(43)45-34(13)28(7)25(4)29(8)35(45)14/h22-23,40-41H,19-21H2,1-18H3. The van der Waals surface area contributed by atoms with Gasteiger partial charge >= 0.3 is 0 Å². The molecule has 4 atom stereocenters. The smallest absolute Gasteiger partial charge is 0.0111 e. The highest BCUT2D eigenvalue weighted by molar-refractivity contribution is 5.84. The Balaban J connectivity index is 1.55. The highest BCUT2D eigenvalue weighted by Gasteiger charge is 2.42. The summed E-state index contributed by atoms with van der Waals surface area (Å²) in [6.45, 7) is 43.1. The fourth-order valence-electron chi connectivity index (χ4n) is 10.8. The maximum Gasteiger partial charge on any atom is -0.0111 e. The largest absolute Gasteiger partial charge is 0.0616 e. The molecule has 0 aliphatic heterocycles. The topological polar surface area (TPSA) is 0 Å². The van der Waals surface area contributed by atoms with Crippen LogP contribution in [-0.2, 0) is 12.8 Å². The maximum absolute atomic E-state index is 2.56. The molecular formula is C49H64. The molecule has 2 aliphatic carbocycles. The molecule has 6 rings (SSSR count). The molecule has 2 aliphatic rings. The molecule has 0 heterocycles. The van der Waals surface area contributed by atoms with Crippen LogP contribution in [0.2, 0.25) is 0 Å². The molecule has 0 radical (unpaired) electrons. The minimum Gasteiger partial charge on any atom is -0.0616 e. The van der Waals surface area contributed by atoms with Gasteiger partial charge in [-0.15, -0.1) is 0 Å². The summed E-state index contributed by atoms with van der Waals surface area (Å²) in [5, 5.41) is 0. The Morgan fingerprint density at radius 3 is 0.816 bits per heavy atom. The zero-order valence-corrected chi connectivity index (χ0v) is 34.4. The van der Waals surface area contributed by atoms with E-state index in [-0.39, 0.29) is 0 Å². The molecule has 4 aromatic rings. The van der Waals surface area contributed by atoms with Crippen LogP contribution in [0.3, 0.4) is 0 Å². The minimum atomic E-state index is 0.580. The van der Waals surface area contributed by atoms with E-state index in [1.807, 2.05) is 0 Å². The van der Waals surface area contributed by atoms with Crippen molar-refractivity contribution in [2.45, 2.75) is 156 Å². The van der Waals surface area contributed by atoms with Gasteiger partial charge in [-0.2, -0.15) is 0 Å². The molecule has 0 N–H and O–H groups in total. The quantitative estimate of drug-likeness (QED) is 0.206. The first-order valence-electron chi connectivity index (χ1n) is 19.2. The third-order valence-electron chi connectivity index (χ3n) is 15.2. The fraction of sp³-hybridized carbons (Fsp3) is 0.510. The molecule has 0 aromatic heterocycles. The van der Waals surface area contributed by atoms with Crippen LogP contribution in [0, 0.1) is 123 Å². The van der Waals surface area contributed by atoms with Crippen LogP contribution in [0.25, 0.3) is 22.3 Å². The monoisotopic (exact) mass is 653 g/mol. The number of hydrogen-bond acceptors (Lipinski definition) is 0. The zero-order valence-electron chi connectivity index (χ0n) is 34.4. The van der Waals surface area contributed by atoms with Crippen molar-refractivity contribution >= 4 is 0 Å². The maximum atomic E-state index is 2.56. The predicted octanol–water partition coefficient (Wildman–Crippen LogP) is 13.6. The van der Waals surface area contributed by atoms with Crippen LogP contribution in [0.1, 0.15) is 143 Å². The molecule has 0 spiro atoms. The van der Waals surface area contributed by atoms with E-state index in [0.717, 1.165) is 0 Å². The first-order valence-corrected chi connectivity index (χ1v) is 19.2. The second-order valence-corrected chi connectivity index (χ2v) is 17.1. The van der Waals surface area contributed by atoms with Gasteiger partial charge in [0.1, 0.15) is 0 Å². The minimum absolute atomic E-state index is 0.580. The van der Waals surface area contributed by atoms with Crippen LogP contribution < -0.4 is 0 Å². The summed E-state index contributed by atoms with van der Waals surface area (Å²) in [4.78, 5) is 0. The molecule has 0 heteroatoms. The van der Waals surface area contributed by atoms with E-state index in [4.69, 9.17) is 0 Å². The van der Waals surface area contributed by atoms with Gasteiger partial charge in [0.05, 0.1) is 0 Å². The molecule has 0 saturated heterocycles. The highest BCUT2D eigenvalue weighted by Crippen LogP contribution is 2.56. The van der Waals surface area contributed by atoms with Gasteiger partial charge in [-0.3, -0.25) is 0 Å². The summed E-state index contributed by atoms with van der Waals surface area (Å²) in [7, 11) is 0. The lowest BCUT2D eigenvalue weighted by Gasteiger charge is -2.29. The van der Waals surface area contributed by atoms with Gasteiger partial charge in [0.25, 0.3) is 0 Å².